The number of rotatable bonds is 0. The van der Waals surface area contributed by atoms with E-state index in [-0.39, 0.29) is 0 Å². The summed E-state index contributed by atoms with van der Waals surface area (Å²) < 4.78 is 0. The third-order valence-electron chi connectivity index (χ3n) is 1.48. The molecule has 5 heteroatoms. The summed E-state index contributed by atoms with van der Waals surface area (Å²) in [5, 5.41) is 1.51. The van der Waals surface area contributed by atoms with E-state index in [2.05, 4.69) is 15.0 Å². The average Bonchev–Trinajstić information content (AvgIpc) is 2.06. The van der Waals surface area contributed by atoms with Gasteiger partial charge in [-0.1, -0.05) is 0 Å². The Morgan fingerprint density at radius 1 is 1.55 bits per heavy atom. The number of hydrogen-bond acceptors (Lipinski definition) is 5. The van der Waals surface area contributed by atoms with Crippen LogP contribution >= 0.6 is 0 Å². The average molecular weight is 149 g/mol. The summed E-state index contributed by atoms with van der Waals surface area (Å²) in [6, 6.07) is 0. The lowest BCUT2D eigenvalue weighted by atomic mass is 10.3. The third kappa shape index (κ3) is 0.947. The minimum absolute atomic E-state index is 0.473. The summed E-state index contributed by atoms with van der Waals surface area (Å²) in [6.07, 6.45) is 4.85. The monoisotopic (exact) mass is 149 g/mol. The van der Waals surface area contributed by atoms with Crippen molar-refractivity contribution in [2.75, 3.05) is 11.7 Å². The van der Waals surface area contributed by atoms with Crippen molar-refractivity contribution in [1.29, 1.82) is 0 Å². The third-order valence-corrected chi connectivity index (χ3v) is 1.48. The molecular weight excluding hydrogens is 142 g/mol. The Kier molecular flexibility index (Phi) is 1.29. The van der Waals surface area contributed by atoms with Crippen molar-refractivity contribution in [3.63, 3.8) is 0 Å². The van der Waals surface area contributed by atoms with Gasteiger partial charge in [-0.3, -0.25) is 10.0 Å². The number of hydrogen-bond donors (Lipinski definition) is 1. The molecule has 0 bridgehead atoms. The Morgan fingerprint density at radius 3 is 3.27 bits per heavy atom. The first-order chi connectivity index (χ1) is 5.38. The van der Waals surface area contributed by atoms with Crippen LogP contribution < -0.4 is 10.9 Å². The van der Waals surface area contributed by atoms with Gasteiger partial charge in [0.05, 0.1) is 18.1 Å². The number of hydrazine groups is 1. The van der Waals surface area contributed by atoms with Crippen LogP contribution in [0.15, 0.2) is 17.5 Å². The van der Waals surface area contributed by atoms with Gasteiger partial charge in [0.2, 0.25) is 0 Å². The lowest BCUT2D eigenvalue weighted by molar-refractivity contribution is 0.843. The van der Waals surface area contributed by atoms with Gasteiger partial charge >= 0.3 is 0 Å². The molecule has 2 N–H and O–H groups in total. The largest absolute Gasteiger partial charge is 0.286 e. The highest BCUT2D eigenvalue weighted by molar-refractivity contribution is 5.86. The fourth-order valence-corrected chi connectivity index (χ4v) is 0.944. The van der Waals surface area contributed by atoms with Crippen LogP contribution in [0.5, 0.6) is 0 Å². The zero-order chi connectivity index (χ0) is 7.68. The van der Waals surface area contributed by atoms with Gasteiger partial charge < -0.3 is 0 Å². The van der Waals surface area contributed by atoms with Gasteiger partial charge in [0.15, 0.2) is 0 Å². The van der Waals surface area contributed by atoms with E-state index in [1.54, 1.807) is 12.4 Å². The molecule has 0 aliphatic carbocycles. The SMILES string of the molecule is NN1CN=Cc2ncncc21. The summed E-state index contributed by atoms with van der Waals surface area (Å²) in [5.41, 5.74) is 1.59. The zero-order valence-electron chi connectivity index (χ0n) is 5.81. The molecule has 1 aliphatic heterocycles. The van der Waals surface area contributed by atoms with E-state index in [1.165, 1.54) is 11.3 Å². The van der Waals surface area contributed by atoms with Crippen molar-refractivity contribution in [3.05, 3.63) is 18.2 Å². The molecule has 5 nitrogen and oxygen atoms in total. The first-order valence-corrected chi connectivity index (χ1v) is 3.20. The number of aliphatic imine (C=N–C) groups is 1. The number of nitrogens with zero attached hydrogens (tertiary/aromatic N) is 4. The van der Waals surface area contributed by atoms with Crippen molar-refractivity contribution in [1.82, 2.24) is 9.97 Å². The quantitative estimate of drug-likeness (QED) is 0.507. The molecule has 56 valence electrons. The second-order valence-corrected chi connectivity index (χ2v) is 2.22. The molecule has 11 heavy (non-hydrogen) atoms. The van der Waals surface area contributed by atoms with E-state index in [0.717, 1.165) is 11.4 Å². The van der Waals surface area contributed by atoms with E-state index in [1.807, 2.05) is 0 Å². The fourth-order valence-electron chi connectivity index (χ4n) is 0.944. The molecule has 0 spiro atoms. The van der Waals surface area contributed by atoms with Crippen LogP contribution in [0.1, 0.15) is 5.69 Å². The van der Waals surface area contributed by atoms with E-state index < -0.39 is 0 Å². The van der Waals surface area contributed by atoms with Crippen molar-refractivity contribution < 1.29 is 0 Å². The van der Waals surface area contributed by atoms with Crippen molar-refractivity contribution in [2.24, 2.45) is 10.8 Å². The summed E-state index contributed by atoms with van der Waals surface area (Å²) in [6.45, 7) is 0.473. The predicted molar refractivity (Wildman–Crippen MR) is 41.2 cm³/mol. The Hall–Kier alpha value is -1.49. The molecule has 0 unspecified atom stereocenters. The highest BCUT2D eigenvalue weighted by Crippen LogP contribution is 2.14. The molecule has 0 saturated carbocycles. The van der Waals surface area contributed by atoms with E-state index >= 15 is 0 Å². The first kappa shape index (κ1) is 6.23. The molecule has 1 aliphatic rings. The van der Waals surface area contributed by atoms with Gasteiger partial charge in [-0.05, 0) is 0 Å². The van der Waals surface area contributed by atoms with Crippen LogP contribution in [-0.4, -0.2) is 22.9 Å². The Morgan fingerprint density at radius 2 is 2.45 bits per heavy atom. The van der Waals surface area contributed by atoms with Gasteiger partial charge in [-0.15, -0.1) is 0 Å². The maximum Gasteiger partial charge on any atom is 0.124 e. The first-order valence-electron chi connectivity index (χ1n) is 3.20. The number of fused-ring (bicyclic) bond motifs is 1. The fraction of sp³-hybridized carbons (Fsp3) is 0.167. The van der Waals surface area contributed by atoms with Crippen LogP contribution in [0.3, 0.4) is 0 Å². The molecule has 0 amide bonds. The van der Waals surface area contributed by atoms with Crippen LogP contribution in [-0.2, 0) is 0 Å². The Bertz CT molecular complexity index is 295. The molecule has 0 aromatic carbocycles. The summed E-state index contributed by atoms with van der Waals surface area (Å²) in [4.78, 5) is 11.8. The van der Waals surface area contributed by atoms with E-state index in [9.17, 15) is 0 Å². The molecule has 0 fully saturated rings. The molecule has 2 rings (SSSR count). The van der Waals surface area contributed by atoms with Crippen LogP contribution in [0, 0.1) is 0 Å². The van der Waals surface area contributed by atoms with E-state index in [0.29, 0.717) is 6.67 Å². The summed E-state index contributed by atoms with van der Waals surface area (Å²) >= 11 is 0. The topological polar surface area (TPSA) is 67.4 Å². The lowest BCUT2D eigenvalue weighted by Crippen LogP contribution is -2.34. The van der Waals surface area contributed by atoms with Gasteiger partial charge in [0.1, 0.15) is 18.7 Å². The van der Waals surface area contributed by atoms with E-state index in [4.69, 9.17) is 5.84 Å². The Balaban J connectivity index is 2.54. The molecule has 0 radical (unpaired) electrons. The minimum Gasteiger partial charge on any atom is -0.286 e. The second-order valence-electron chi connectivity index (χ2n) is 2.22. The van der Waals surface area contributed by atoms with Gasteiger partial charge in [0.25, 0.3) is 0 Å². The number of anilines is 1. The highest BCUT2D eigenvalue weighted by atomic mass is 15.4. The maximum atomic E-state index is 5.59. The number of aromatic nitrogens is 2. The normalized spacial score (nSPS) is 14.8. The van der Waals surface area contributed by atoms with Crippen LogP contribution in [0.4, 0.5) is 5.69 Å². The van der Waals surface area contributed by atoms with Crippen molar-refractivity contribution >= 4 is 11.9 Å². The summed E-state index contributed by atoms with van der Waals surface area (Å²) in [5.74, 6) is 5.59. The van der Waals surface area contributed by atoms with Gasteiger partial charge in [0, 0.05) is 0 Å². The molecule has 1 aromatic rings. The van der Waals surface area contributed by atoms with Crippen LogP contribution in [0.2, 0.25) is 0 Å². The number of nitrogens with two attached hydrogens (primary N) is 1. The standard InChI is InChI=1S/C6H7N5/c7-11-4-9-1-5-6(11)2-8-3-10-5/h1-3H,4,7H2. The highest BCUT2D eigenvalue weighted by Gasteiger charge is 2.10. The molecule has 0 atom stereocenters. The molecule has 1 aromatic heterocycles. The molecule has 2 heterocycles. The van der Waals surface area contributed by atoms with Crippen LogP contribution in [0.25, 0.3) is 0 Å². The van der Waals surface area contributed by atoms with Gasteiger partial charge in [-0.25, -0.2) is 15.8 Å². The Labute approximate surface area is 63.6 Å². The second kappa shape index (κ2) is 2.28. The molecular formula is C6H7N5. The zero-order valence-corrected chi connectivity index (χ0v) is 5.81. The van der Waals surface area contributed by atoms with Gasteiger partial charge in [-0.2, -0.15) is 0 Å². The maximum absolute atomic E-state index is 5.59. The molecule has 0 saturated heterocycles. The minimum atomic E-state index is 0.473. The van der Waals surface area contributed by atoms with Crippen molar-refractivity contribution in [2.45, 2.75) is 0 Å². The van der Waals surface area contributed by atoms with Crippen molar-refractivity contribution in [3.8, 4) is 0 Å². The summed E-state index contributed by atoms with van der Waals surface area (Å²) in [7, 11) is 0. The smallest absolute Gasteiger partial charge is 0.124 e. The lowest BCUT2D eigenvalue weighted by Gasteiger charge is -2.19. The predicted octanol–water partition coefficient (Wildman–Crippen LogP) is -0.453.